The van der Waals surface area contributed by atoms with E-state index in [9.17, 15) is 8.78 Å². The average molecular weight is 259 g/mol. The van der Waals surface area contributed by atoms with Crippen LogP contribution in [-0.4, -0.2) is 11.5 Å². The molecule has 92 valence electrons. The Morgan fingerprint density at radius 1 is 1.41 bits per heavy atom. The first-order chi connectivity index (χ1) is 7.95. The molecule has 17 heavy (non-hydrogen) atoms. The highest BCUT2D eigenvalue weighted by Gasteiger charge is 2.30. The number of hydrogen-bond donors (Lipinski definition) is 2. The lowest BCUT2D eigenvalue weighted by atomic mass is 10.0. The molecule has 0 aliphatic carbocycles. The van der Waals surface area contributed by atoms with Crippen LogP contribution in [0.2, 0.25) is 5.02 Å². The van der Waals surface area contributed by atoms with E-state index in [1.807, 2.05) is 0 Å². The van der Waals surface area contributed by atoms with Gasteiger partial charge in [0, 0.05) is 12.3 Å². The van der Waals surface area contributed by atoms with Crippen molar-refractivity contribution in [1.29, 1.82) is 0 Å². The number of rotatable bonds is 3. The maximum absolute atomic E-state index is 13.5. The van der Waals surface area contributed by atoms with Crippen LogP contribution < -0.4 is 5.73 Å². The lowest BCUT2D eigenvalue weighted by Gasteiger charge is -2.10. The molecular formula is C12H13ClF2N2. The van der Waals surface area contributed by atoms with Crippen LogP contribution >= 0.6 is 11.6 Å². The first-order valence-corrected chi connectivity index (χ1v) is 5.70. The Kier molecular flexibility index (Phi) is 3.10. The minimum absolute atomic E-state index is 0.0916. The van der Waals surface area contributed by atoms with Crippen molar-refractivity contribution in [1.82, 2.24) is 4.98 Å². The summed E-state index contributed by atoms with van der Waals surface area (Å²) in [5.74, 6) is -2.92. The molecule has 1 aromatic heterocycles. The number of H-pyrrole nitrogens is 1. The largest absolute Gasteiger partial charge is 0.352 e. The van der Waals surface area contributed by atoms with Gasteiger partial charge in [-0.1, -0.05) is 23.7 Å². The van der Waals surface area contributed by atoms with Gasteiger partial charge in [0.2, 0.25) is 0 Å². The van der Waals surface area contributed by atoms with Crippen molar-refractivity contribution in [2.75, 3.05) is 6.54 Å². The van der Waals surface area contributed by atoms with Crippen LogP contribution in [0, 0.1) is 0 Å². The second kappa shape index (κ2) is 4.27. The standard InChI is InChI=1S/C12H13ClF2N2/c1-12(14,15)11-8(5-6-16)7-3-2-4-9(13)10(7)17-11/h2-4,17H,5-6,16H2,1H3. The number of para-hydroxylation sites is 1. The minimum atomic E-state index is -2.92. The molecule has 2 rings (SSSR count). The third-order valence-electron chi connectivity index (χ3n) is 2.72. The van der Waals surface area contributed by atoms with E-state index in [1.165, 1.54) is 0 Å². The Morgan fingerprint density at radius 2 is 2.12 bits per heavy atom. The maximum Gasteiger partial charge on any atom is 0.285 e. The number of aromatic nitrogens is 1. The molecule has 0 amide bonds. The van der Waals surface area contributed by atoms with E-state index >= 15 is 0 Å². The van der Waals surface area contributed by atoms with Crippen LogP contribution in [0.5, 0.6) is 0 Å². The van der Waals surface area contributed by atoms with E-state index in [1.54, 1.807) is 18.2 Å². The molecule has 3 N–H and O–H groups in total. The van der Waals surface area contributed by atoms with Gasteiger partial charge >= 0.3 is 0 Å². The first kappa shape index (κ1) is 12.3. The van der Waals surface area contributed by atoms with Crippen molar-refractivity contribution in [3.8, 4) is 0 Å². The molecule has 0 unspecified atom stereocenters. The number of fused-ring (bicyclic) bond motifs is 1. The van der Waals surface area contributed by atoms with E-state index in [2.05, 4.69) is 4.98 Å². The Balaban J connectivity index is 2.75. The number of nitrogens with one attached hydrogen (secondary N) is 1. The summed E-state index contributed by atoms with van der Waals surface area (Å²) in [6.45, 7) is 1.19. The summed E-state index contributed by atoms with van der Waals surface area (Å²) in [4.78, 5) is 2.72. The van der Waals surface area contributed by atoms with E-state index in [0.717, 1.165) is 12.3 Å². The highest BCUT2D eigenvalue weighted by atomic mass is 35.5. The molecule has 0 fully saturated rings. The number of hydrogen-bond acceptors (Lipinski definition) is 1. The summed E-state index contributed by atoms with van der Waals surface area (Å²) in [7, 11) is 0. The van der Waals surface area contributed by atoms with Gasteiger partial charge in [0.15, 0.2) is 0 Å². The molecule has 0 spiro atoms. The third-order valence-corrected chi connectivity index (χ3v) is 3.04. The summed E-state index contributed by atoms with van der Waals surface area (Å²) in [5, 5.41) is 1.16. The lowest BCUT2D eigenvalue weighted by molar-refractivity contribution is 0.0126. The fourth-order valence-electron chi connectivity index (χ4n) is 2.02. The number of benzene rings is 1. The van der Waals surface area contributed by atoms with Gasteiger partial charge in [-0.05, 0) is 24.6 Å². The van der Waals surface area contributed by atoms with Crippen molar-refractivity contribution < 1.29 is 8.78 Å². The van der Waals surface area contributed by atoms with Crippen LogP contribution in [-0.2, 0) is 12.3 Å². The fraction of sp³-hybridized carbons (Fsp3) is 0.333. The van der Waals surface area contributed by atoms with E-state index in [0.29, 0.717) is 29.1 Å². The molecule has 0 bridgehead atoms. The molecule has 1 heterocycles. The minimum Gasteiger partial charge on any atom is -0.352 e. The molecule has 5 heteroatoms. The van der Waals surface area contributed by atoms with Crippen LogP contribution in [0.15, 0.2) is 18.2 Å². The molecule has 2 nitrogen and oxygen atoms in total. The van der Waals surface area contributed by atoms with Gasteiger partial charge in [-0.3, -0.25) is 0 Å². The average Bonchev–Trinajstić information content (AvgIpc) is 2.59. The molecule has 2 aromatic rings. The van der Waals surface area contributed by atoms with Crippen LogP contribution in [0.3, 0.4) is 0 Å². The van der Waals surface area contributed by atoms with E-state index in [4.69, 9.17) is 17.3 Å². The summed E-state index contributed by atoms with van der Waals surface area (Å²) >= 11 is 5.99. The zero-order valence-electron chi connectivity index (χ0n) is 9.36. The Hall–Kier alpha value is -1.13. The van der Waals surface area contributed by atoms with Gasteiger partial charge in [0.25, 0.3) is 5.92 Å². The molecular weight excluding hydrogens is 246 g/mol. The molecule has 0 aliphatic heterocycles. The molecule has 0 aliphatic rings. The Labute approximate surface area is 103 Å². The van der Waals surface area contributed by atoms with Gasteiger partial charge in [-0.2, -0.15) is 0 Å². The van der Waals surface area contributed by atoms with Crippen LogP contribution in [0.4, 0.5) is 8.78 Å². The smallest absolute Gasteiger partial charge is 0.285 e. The van der Waals surface area contributed by atoms with Crippen molar-refractivity contribution in [2.24, 2.45) is 5.73 Å². The maximum atomic E-state index is 13.5. The molecule has 1 aromatic carbocycles. The van der Waals surface area contributed by atoms with Crippen molar-refractivity contribution in [3.05, 3.63) is 34.5 Å². The molecule has 0 radical (unpaired) electrons. The number of nitrogens with two attached hydrogens (primary N) is 1. The van der Waals surface area contributed by atoms with Crippen molar-refractivity contribution in [2.45, 2.75) is 19.3 Å². The van der Waals surface area contributed by atoms with Gasteiger partial charge < -0.3 is 10.7 Å². The molecule has 0 saturated heterocycles. The SMILES string of the molecule is CC(F)(F)c1[nH]c2c(Cl)cccc2c1CCN. The van der Waals surface area contributed by atoms with Crippen LogP contribution in [0.1, 0.15) is 18.2 Å². The van der Waals surface area contributed by atoms with E-state index < -0.39 is 5.92 Å². The van der Waals surface area contributed by atoms with Gasteiger partial charge in [-0.15, -0.1) is 0 Å². The quantitative estimate of drug-likeness (QED) is 0.870. The first-order valence-electron chi connectivity index (χ1n) is 5.32. The van der Waals surface area contributed by atoms with Gasteiger partial charge in [0.05, 0.1) is 16.2 Å². The van der Waals surface area contributed by atoms with E-state index in [-0.39, 0.29) is 5.69 Å². The highest BCUT2D eigenvalue weighted by molar-refractivity contribution is 6.35. The summed E-state index contributed by atoms with van der Waals surface area (Å²) in [6.07, 6.45) is 0.402. The number of alkyl halides is 2. The fourth-order valence-corrected chi connectivity index (χ4v) is 2.24. The Morgan fingerprint density at radius 3 is 2.71 bits per heavy atom. The topological polar surface area (TPSA) is 41.8 Å². The number of halogens is 3. The van der Waals surface area contributed by atoms with Crippen molar-refractivity contribution >= 4 is 22.5 Å². The highest BCUT2D eigenvalue weighted by Crippen LogP contribution is 2.36. The molecule has 0 saturated carbocycles. The predicted octanol–water partition coefficient (Wildman–Crippen LogP) is 3.43. The second-order valence-electron chi connectivity index (χ2n) is 4.07. The van der Waals surface area contributed by atoms with Gasteiger partial charge in [-0.25, -0.2) is 8.78 Å². The zero-order valence-corrected chi connectivity index (χ0v) is 10.1. The van der Waals surface area contributed by atoms with Crippen molar-refractivity contribution in [3.63, 3.8) is 0 Å². The number of aromatic amines is 1. The monoisotopic (exact) mass is 258 g/mol. The summed E-state index contributed by atoms with van der Waals surface area (Å²) in [5.41, 5.74) is 6.48. The third kappa shape index (κ3) is 2.15. The van der Waals surface area contributed by atoms with Gasteiger partial charge in [0.1, 0.15) is 0 Å². The Bertz CT molecular complexity index is 543. The summed E-state index contributed by atoms with van der Waals surface area (Å²) in [6, 6.07) is 5.19. The lowest BCUT2D eigenvalue weighted by Crippen LogP contribution is -2.13. The van der Waals surface area contributed by atoms with Crippen LogP contribution in [0.25, 0.3) is 10.9 Å². The predicted molar refractivity (Wildman–Crippen MR) is 65.6 cm³/mol. The normalized spacial score (nSPS) is 12.3. The zero-order chi connectivity index (χ0) is 12.6. The summed E-state index contributed by atoms with van der Waals surface area (Å²) < 4.78 is 27.0. The second-order valence-corrected chi connectivity index (χ2v) is 4.48. The molecule has 0 atom stereocenters.